The van der Waals surface area contributed by atoms with Gasteiger partial charge in [-0.05, 0) is 32.6 Å². The number of hydrogen-bond acceptors (Lipinski definition) is 3. The van der Waals surface area contributed by atoms with Gasteiger partial charge in [0.2, 0.25) is 5.88 Å². The van der Waals surface area contributed by atoms with Crippen molar-refractivity contribution in [3.8, 4) is 5.88 Å². The van der Waals surface area contributed by atoms with E-state index >= 15 is 0 Å². The quantitative estimate of drug-likeness (QED) is 0.732. The molecule has 0 bridgehead atoms. The van der Waals surface area contributed by atoms with Gasteiger partial charge in [0.1, 0.15) is 5.60 Å². The van der Waals surface area contributed by atoms with Crippen LogP contribution in [0.5, 0.6) is 5.88 Å². The normalized spacial score (nSPS) is 30.2. The van der Waals surface area contributed by atoms with Crippen LogP contribution in [-0.4, -0.2) is 14.7 Å². The molecule has 1 aromatic rings. The molecule has 1 fully saturated rings. The maximum absolute atomic E-state index is 12.6. The van der Waals surface area contributed by atoms with Crippen LogP contribution in [-0.2, 0) is 14.1 Å². The van der Waals surface area contributed by atoms with Gasteiger partial charge in [-0.25, -0.2) is 4.79 Å². The Morgan fingerprint density at radius 2 is 1.81 bits per heavy atom. The molecule has 21 heavy (non-hydrogen) atoms. The number of aromatic nitrogens is 2. The Hall–Kier alpha value is -1.52. The van der Waals surface area contributed by atoms with E-state index in [0.29, 0.717) is 23.3 Å². The first-order chi connectivity index (χ1) is 9.74. The highest BCUT2D eigenvalue weighted by Gasteiger charge is 2.48. The second-order valence-corrected chi connectivity index (χ2v) is 7.26. The Labute approximate surface area is 124 Å². The molecule has 2 aliphatic rings. The summed E-state index contributed by atoms with van der Waals surface area (Å²) in [6.45, 7) is 6.39. The molecule has 0 amide bonds. The van der Waals surface area contributed by atoms with Crippen LogP contribution in [0.15, 0.2) is 9.59 Å². The molecule has 1 aliphatic carbocycles. The van der Waals surface area contributed by atoms with E-state index in [-0.39, 0.29) is 22.8 Å². The van der Waals surface area contributed by atoms with Crippen LogP contribution in [0, 0.1) is 11.8 Å². The first kappa shape index (κ1) is 14.4. The lowest BCUT2D eigenvalue weighted by Gasteiger charge is -2.48. The highest BCUT2D eigenvalue weighted by molar-refractivity contribution is 5.34. The first-order valence-electron chi connectivity index (χ1n) is 7.73. The summed E-state index contributed by atoms with van der Waals surface area (Å²) in [7, 11) is 3.23. The first-order valence-corrected chi connectivity index (χ1v) is 7.73. The molecule has 116 valence electrons. The molecule has 1 aromatic heterocycles. The zero-order valence-corrected chi connectivity index (χ0v) is 13.5. The highest BCUT2D eigenvalue weighted by Crippen LogP contribution is 2.51. The number of rotatable bonds is 0. The fraction of sp³-hybridized carbons (Fsp3) is 0.750. The van der Waals surface area contributed by atoms with E-state index in [1.165, 1.54) is 15.6 Å². The van der Waals surface area contributed by atoms with Crippen LogP contribution < -0.4 is 16.0 Å². The van der Waals surface area contributed by atoms with Crippen LogP contribution in [0.4, 0.5) is 0 Å². The Morgan fingerprint density at radius 1 is 1.14 bits per heavy atom. The smallest absolute Gasteiger partial charge is 0.333 e. The highest BCUT2D eigenvalue weighted by atomic mass is 16.5. The second kappa shape index (κ2) is 4.49. The van der Waals surface area contributed by atoms with E-state index < -0.39 is 0 Å². The van der Waals surface area contributed by atoms with Crippen LogP contribution >= 0.6 is 0 Å². The van der Waals surface area contributed by atoms with E-state index in [1.54, 1.807) is 14.1 Å². The van der Waals surface area contributed by atoms with Crippen molar-refractivity contribution >= 4 is 0 Å². The third kappa shape index (κ3) is 1.97. The molecule has 1 aliphatic heterocycles. The van der Waals surface area contributed by atoms with Crippen molar-refractivity contribution in [1.82, 2.24) is 9.13 Å². The van der Waals surface area contributed by atoms with Gasteiger partial charge < -0.3 is 4.74 Å². The number of fused-ring (bicyclic) bond motifs is 3. The van der Waals surface area contributed by atoms with Crippen molar-refractivity contribution in [3.05, 3.63) is 26.4 Å². The third-order valence-corrected chi connectivity index (χ3v) is 5.38. The molecule has 5 nitrogen and oxygen atoms in total. The lowest BCUT2D eigenvalue weighted by molar-refractivity contribution is -0.0225. The lowest BCUT2D eigenvalue weighted by Crippen LogP contribution is -2.52. The standard InChI is InChI=1S/C16H24N2O3/c1-9-6-7-11-10(8-9)12-13(19)17(4)15(20)18(5)14(12)21-16(11,2)3/h9-11H,6-8H2,1-5H3/t9-,10-,11+/m1/s1. The molecular formula is C16H24N2O3. The molecule has 0 N–H and O–H groups in total. The van der Waals surface area contributed by atoms with E-state index in [4.69, 9.17) is 4.74 Å². The minimum absolute atomic E-state index is 0.187. The van der Waals surface area contributed by atoms with Gasteiger partial charge in [0.05, 0.1) is 5.56 Å². The lowest BCUT2D eigenvalue weighted by atomic mass is 9.65. The fourth-order valence-corrected chi connectivity index (χ4v) is 4.15. The number of hydrogen-bond donors (Lipinski definition) is 0. The predicted octanol–water partition coefficient (Wildman–Crippen LogP) is 1.77. The predicted molar refractivity (Wildman–Crippen MR) is 80.9 cm³/mol. The molecule has 2 heterocycles. The van der Waals surface area contributed by atoms with Gasteiger partial charge >= 0.3 is 5.69 Å². The topological polar surface area (TPSA) is 53.2 Å². The minimum atomic E-state index is -0.339. The SMILES string of the molecule is C[C@@H]1CC[C@H]2[C@@H](C1)c1c(n(C)c(=O)n(C)c1=O)OC2(C)C. The average molecular weight is 292 g/mol. The van der Waals surface area contributed by atoms with Gasteiger partial charge in [-0.1, -0.05) is 13.3 Å². The molecule has 0 saturated heterocycles. The van der Waals surface area contributed by atoms with Crippen LogP contribution in [0.3, 0.4) is 0 Å². The molecule has 0 radical (unpaired) electrons. The van der Waals surface area contributed by atoms with Crippen molar-refractivity contribution in [2.45, 2.75) is 51.6 Å². The minimum Gasteiger partial charge on any atom is -0.472 e. The molecule has 0 unspecified atom stereocenters. The Morgan fingerprint density at radius 3 is 2.48 bits per heavy atom. The van der Waals surface area contributed by atoms with Gasteiger partial charge in [-0.15, -0.1) is 0 Å². The van der Waals surface area contributed by atoms with Crippen LogP contribution in [0.25, 0.3) is 0 Å². The number of nitrogens with zero attached hydrogens (tertiary/aromatic N) is 2. The van der Waals surface area contributed by atoms with Gasteiger partial charge in [-0.2, -0.15) is 0 Å². The third-order valence-electron chi connectivity index (χ3n) is 5.38. The summed E-state index contributed by atoms with van der Waals surface area (Å²) < 4.78 is 8.81. The molecule has 0 spiro atoms. The summed E-state index contributed by atoms with van der Waals surface area (Å²) in [5.74, 6) is 1.61. The Kier molecular flexibility index (Phi) is 3.08. The van der Waals surface area contributed by atoms with Gasteiger partial charge in [0, 0.05) is 25.9 Å². The average Bonchev–Trinajstić information content (AvgIpc) is 2.41. The zero-order chi connectivity index (χ0) is 15.5. The van der Waals surface area contributed by atoms with Gasteiger partial charge in [-0.3, -0.25) is 13.9 Å². The largest absolute Gasteiger partial charge is 0.472 e. The monoisotopic (exact) mass is 292 g/mol. The van der Waals surface area contributed by atoms with E-state index in [2.05, 4.69) is 20.8 Å². The summed E-state index contributed by atoms with van der Waals surface area (Å²) in [5.41, 5.74) is -0.144. The van der Waals surface area contributed by atoms with Gasteiger partial charge in [0.25, 0.3) is 5.56 Å². The maximum atomic E-state index is 12.6. The summed E-state index contributed by atoms with van der Waals surface area (Å²) in [6.07, 6.45) is 3.25. The van der Waals surface area contributed by atoms with Gasteiger partial charge in [0.15, 0.2) is 0 Å². The van der Waals surface area contributed by atoms with Crippen molar-refractivity contribution in [3.63, 3.8) is 0 Å². The molecule has 3 rings (SSSR count). The summed E-state index contributed by atoms with van der Waals surface area (Å²) in [6, 6.07) is 0. The van der Waals surface area contributed by atoms with Crippen molar-refractivity contribution in [2.24, 2.45) is 25.9 Å². The van der Waals surface area contributed by atoms with Crippen LogP contribution in [0.1, 0.15) is 51.5 Å². The van der Waals surface area contributed by atoms with Crippen molar-refractivity contribution in [2.75, 3.05) is 0 Å². The van der Waals surface area contributed by atoms with E-state index in [9.17, 15) is 9.59 Å². The summed E-state index contributed by atoms with van der Waals surface area (Å²) in [4.78, 5) is 24.8. The Balaban J connectivity index is 2.29. The van der Waals surface area contributed by atoms with Crippen molar-refractivity contribution in [1.29, 1.82) is 0 Å². The molecule has 1 saturated carbocycles. The Bertz CT molecular complexity index is 699. The fourth-order valence-electron chi connectivity index (χ4n) is 4.15. The van der Waals surface area contributed by atoms with E-state index in [1.807, 2.05) is 0 Å². The molecule has 5 heteroatoms. The summed E-state index contributed by atoms with van der Waals surface area (Å²) in [5, 5.41) is 0. The van der Waals surface area contributed by atoms with Crippen LogP contribution in [0.2, 0.25) is 0 Å². The zero-order valence-electron chi connectivity index (χ0n) is 13.5. The second-order valence-electron chi connectivity index (χ2n) is 7.26. The van der Waals surface area contributed by atoms with Crippen molar-refractivity contribution < 1.29 is 4.74 Å². The maximum Gasteiger partial charge on any atom is 0.333 e. The van der Waals surface area contributed by atoms with E-state index in [0.717, 1.165) is 12.8 Å². The molecule has 3 atom stereocenters. The summed E-state index contributed by atoms with van der Waals surface area (Å²) >= 11 is 0. The molecule has 0 aromatic carbocycles. The molecular weight excluding hydrogens is 268 g/mol. The number of ether oxygens (including phenoxy) is 1.